The van der Waals surface area contributed by atoms with Crippen molar-refractivity contribution < 1.29 is 9.53 Å². The second-order valence-corrected chi connectivity index (χ2v) is 10.5. The number of rotatable bonds is 8. The van der Waals surface area contributed by atoms with Gasteiger partial charge in [-0.2, -0.15) is 5.10 Å². The second kappa shape index (κ2) is 12.6. The minimum atomic E-state index is -0.201. The molecule has 0 saturated carbocycles. The molecule has 0 radical (unpaired) electrons. The van der Waals surface area contributed by atoms with Crippen molar-refractivity contribution in [3.8, 4) is 11.1 Å². The molecule has 5 rings (SSSR count). The molecule has 0 atom stereocenters. The number of fused-ring (bicyclic) bond motifs is 1. The van der Waals surface area contributed by atoms with Crippen LogP contribution >= 0.6 is 0 Å². The zero-order valence-corrected chi connectivity index (χ0v) is 23.8. The van der Waals surface area contributed by atoms with Crippen molar-refractivity contribution in [2.24, 2.45) is 7.05 Å². The van der Waals surface area contributed by atoms with Crippen LogP contribution in [0.3, 0.4) is 0 Å². The molecule has 40 heavy (non-hydrogen) atoms. The zero-order valence-electron chi connectivity index (χ0n) is 23.8. The van der Waals surface area contributed by atoms with Gasteiger partial charge in [0.2, 0.25) is 0 Å². The summed E-state index contributed by atoms with van der Waals surface area (Å²) in [6.07, 6.45) is 9.28. The van der Waals surface area contributed by atoms with Crippen LogP contribution in [0.15, 0.2) is 72.7 Å². The number of morpholine rings is 1. The summed E-state index contributed by atoms with van der Waals surface area (Å²) in [4.78, 5) is 24.5. The van der Waals surface area contributed by atoms with Gasteiger partial charge in [-0.25, -0.2) is 4.98 Å². The van der Waals surface area contributed by atoms with Crippen molar-refractivity contribution in [2.75, 3.05) is 64.8 Å². The topological polar surface area (TPSA) is 78.8 Å². The Hall–Kier alpha value is -3.79. The number of hydrogen-bond acceptors (Lipinski definition) is 7. The third-order valence-corrected chi connectivity index (χ3v) is 7.75. The predicted octanol–water partition coefficient (Wildman–Crippen LogP) is 3.67. The number of allylic oxidation sites excluding steroid dienone is 2. The van der Waals surface area contributed by atoms with Crippen molar-refractivity contribution in [2.45, 2.75) is 13.5 Å². The van der Waals surface area contributed by atoms with E-state index in [0.717, 1.165) is 86.6 Å². The Labute approximate surface area is 236 Å². The molecule has 0 aliphatic carbocycles. The highest BCUT2D eigenvalue weighted by atomic mass is 16.5. The highest BCUT2D eigenvalue weighted by molar-refractivity contribution is 6.06. The summed E-state index contributed by atoms with van der Waals surface area (Å²) in [6, 6.07) is 8.24. The number of aromatic nitrogens is 3. The third-order valence-electron chi connectivity index (χ3n) is 7.75. The molecule has 1 N–H and O–H groups in total. The first-order chi connectivity index (χ1) is 19.4. The number of benzene rings is 1. The third kappa shape index (κ3) is 6.50. The minimum absolute atomic E-state index is 0.201. The monoisotopic (exact) mass is 541 g/mol. The molecule has 2 saturated heterocycles. The maximum Gasteiger partial charge on any atom is 0.256 e. The summed E-state index contributed by atoms with van der Waals surface area (Å²) in [7, 11) is 4.12. The van der Waals surface area contributed by atoms with E-state index in [1.165, 1.54) is 5.69 Å². The molecule has 0 unspecified atom stereocenters. The lowest BCUT2D eigenvalue weighted by atomic mass is 10.0. The Morgan fingerprint density at radius 1 is 1.02 bits per heavy atom. The van der Waals surface area contributed by atoms with E-state index in [9.17, 15) is 4.79 Å². The molecule has 2 aliphatic heterocycles. The normalized spacial score (nSPS) is 17.6. The van der Waals surface area contributed by atoms with Crippen LogP contribution in [0.5, 0.6) is 0 Å². The summed E-state index contributed by atoms with van der Waals surface area (Å²) in [5, 5.41) is 9.53. The number of ether oxygens (including phenoxy) is 1. The fourth-order valence-electron chi connectivity index (χ4n) is 5.12. The highest BCUT2D eigenvalue weighted by Gasteiger charge is 2.18. The molecule has 1 aromatic carbocycles. The van der Waals surface area contributed by atoms with Crippen molar-refractivity contribution in [1.29, 1.82) is 0 Å². The number of aryl methyl sites for hydroxylation is 1. The number of nitrogens with zero attached hydrogens (tertiary/aromatic N) is 6. The number of piperazine rings is 1. The number of hydrogen-bond donors (Lipinski definition) is 1. The van der Waals surface area contributed by atoms with Crippen molar-refractivity contribution in [3.63, 3.8) is 0 Å². The lowest BCUT2D eigenvalue weighted by molar-refractivity contribution is -0.112. The Morgan fingerprint density at radius 3 is 2.55 bits per heavy atom. The minimum Gasteiger partial charge on any atom is -0.379 e. The van der Waals surface area contributed by atoms with Gasteiger partial charge < -0.3 is 19.9 Å². The molecular weight excluding hydrogens is 502 g/mol. The van der Waals surface area contributed by atoms with Crippen LogP contribution in [0.4, 0.5) is 5.82 Å². The first-order valence-electron chi connectivity index (χ1n) is 13.9. The number of anilines is 1. The lowest BCUT2D eigenvalue weighted by Crippen LogP contribution is -2.43. The summed E-state index contributed by atoms with van der Waals surface area (Å²) < 4.78 is 7.47. The van der Waals surface area contributed by atoms with Gasteiger partial charge in [-0.3, -0.25) is 14.4 Å². The van der Waals surface area contributed by atoms with Crippen LogP contribution in [-0.4, -0.2) is 94.9 Å². The van der Waals surface area contributed by atoms with Crippen LogP contribution in [-0.2, 0) is 23.1 Å². The number of pyridine rings is 1. The molecule has 0 spiro atoms. The average Bonchev–Trinajstić information content (AvgIpc) is 3.33. The lowest BCUT2D eigenvalue weighted by Gasteiger charge is -2.34. The van der Waals surface area contributed by atoms with Crippen molar-refractivity contribution in [1.82, 2.24) is 29.5 Å². The molecule has 2 aromatic heterocycles. The average molecular weight is 542 g/mol. The van der Waals surface area contributed by atoms with Gasteiger partial charge >= 0.3 is 0 Å². The number of carbonyl (C=O) groups is 1. The van der Waals surface area contributed by atoms with Crippen LogP contribution in [0.2, 0.25) is 0 Å². The summed E-state index contributed by atoms with van der Waals surface area (Å²) in [6.45, 7) is 14.1. The maximum absolute atomic E-state index is 13.1. The van der Waals surface area contributed by atoms with Gasteiger partial charge in [0, 0.05) is 81.3 Å². The molecule has 210 valence electrons. The van der Waals surface area contributed by atoms with Crippen molar-refractivity contribution >= 4 is 22.5 Å². The molecule has 2 aliphatic rings. The fraction of sp³-hybridized carbons (Fsp3) is 0.387. The molecule has 9 heteroatoms. The second-order valence-electron chi connectivity index (χ2n) is 10.5. The van der Waals surface area contributed by atoms with Crippen LogP contribution < -0.4 is 5.32 Å². The Morgan fingerprint density at radius 2 is 1.80 bits per heavy atom. The first-order valence-corrected chi connectivity index (χ1v) is 13.9. The molecule has 4 heterocycles. The smallest absolute Gasteiger partial charge is 0.256 e. The van der Waals surface area contributed by atoms with Crippen molar-refractivity contribution in [3.05, 3.63) is 78.4 Å². The Bertz CT molecular complexity index is 1430. The summed E-state index contributed by atoms with van der Waals surface area (Å²) in [5.74, 6) is 0.313. The molecule has 3 aromatic rings. The van der Waals surface area contributed by atoms with Gasteiger partial charge in [0.05, 0.1) is 25.1 Å². The number of amides is 1. The molecule has 0 bridgehead atoms. The summed E-state index contributed by atoms with van der Waals surface area (Å²) >= 11 is 0. The maximum atomic E-state index is 13.1. The highest BCUT2D eigenvalue weighted by Crippen LogP contribution is 2.29. The van der Waals surface area contributed by atoms with Crippen LogP contribution in [0, 0.1) is 0 Å². The van der Waals surface area contributed by atoms with Gasteiger partial charge in [0.1, 0.15) is 5.82 Å². The van der Waals surface area contributed by atoms with E-state index >= 15 is 0 Å². The Kier molecular flexibility index (Phi) is 8.74. The first kappa shape index (κ1) is 27.8. The number of carbonyl (C=O) groups excluding carboxylic acids is 1. The quantitative estimate of drug-likeness (QED) is 0.344. The largest absolute Gasteiger partial charge is 0.379 e. The number of nitrogens with one attached hydrogen (secondary N) is 1. The SMILES string of the molecule is C=C(/C=C\C(=C/C)C(=O)Nc1cc2cc(-c3cnn(C)c3CN3CCOCC3)ccc2cn1)N1CCN(C)CC1. The van der Waals surface area contributed by atoms with E-state index in [1.54, 1.807) is 12.3 Å². The standard InChI is InChI=1S/C31H39N7O2/c1-5-24(7-6-23(2)38-12-10-35(3)11-13-38)31(39)34-30-19-27-18-25(8-9-26(27)20-32-30)28-21-33-36(4)29(28)22-37-14-16-40-17-15-37/h5-9,18-21H,2,10-17,22H2,1,3-4H3,(H,32,34,39)/b7-6-,24-5+. The molecule has 2 fully saturated rings. The van der Waals surface area contributed by atoms with Gasteiger partial charge in [-0.15, -0.1) is 0 Å². The van der Waals surface area contributed by atoms with Gasteiger partial charge in [-0.1, -0.05) is 24.8 Å². The van der Waals surface area contributed by atoms with E-state index in [2.05, 4.69) is 61.9 Å². The molecular formula is C31H39N7O2. The molecule has 9 nitrogen and oxygen atoms in total. The predicted molar refractivity (Wildman–Crippen MR) is 160 cm³/mol. The summed E-state index contributed by atoms with van der Waals surface area (Å²) in [5.41, 5.74) is 4.85. The Balaban J connectivity index is 1.29. The van der Waals surface area contributed by atoms with E-state index in [-0.39, 0.29) is 5.91 Å². The zero-order chi connectivity index (χ0) is 28.1. The number of likely N-dealkylation sites (N-methyl/N-ethyl adjacent to an activating group) is 1. The van der Waals surface area contributed by atoms with E-state index in [1.807, 2.05) is 43.1 Å². The van der Waals surface area contributed by atoms with Crippen LogP contribution in [0.25, 0.3) is 21.9 Å². The van der Waals surface area contributed by atoms with Gasteiger partial charge in [-0.05, 0) is 49.2 Å². The van der Waals surface area contributed by atoms with E-state index < -0.39 is 0 Å². The van der Waals surface area contributed by atoms with E-state index in [0.29, 0.717) is 11.4 Å². The fourth-order valence-corrected chi connectivity index (χ4v) is 5.12. The van der Waals surface area contributed by atoms with Gasteiger partial charge in [0.15, 0.2) is 0 Å². The van der Waals surface area contributed by atoms with E-state index in [4.69, 9.17) is 4.74 Å². The van der Waals surface area contributed by atoms with Crippen LogP contribution in [0.1, 0.15) is 12.6 Å². The van der Waals surface area contributed by atoms with Gasteiger partial charge in [0.25, 0.3) is 5.91 Å². The molecule has 1 amide bonds.